The van der Waals surface area contributed by atoms with Crippen LogP contribution in [-0.2, 0) is 20.7 Å². The van der Waals surface area contributed by atoms with Gasteiger partial charge in [-0.2, -0.15) is 0 Å². The zero-order valence-corrected chi connectivity index (χ0v) is 30.5. The van der Waals surface area contributed by atoms with Gasteiger partial charge in [-0.1, -0.05) is 61.7 Å². The lowest BCUT2D eigenvalue weighted by Gasteiger charge is -2.35. The molecular weight excluding hydrogens is 600 g/mol. The van der Waals surface area contributed by atoms with Crippen molar-refractivity contribution in [3.8, 4) is 12.3 Å². The molecule has 1 saturated carbocycles. The van der Waals surface area contributed by atoms with Gasteiger partial charge in [0.15, 0.2) is 5.78 Å². The number of amides is 2. The zero-order chi connectivity index (χ0) is 36.1. The molecule has 256 valence electrons. The van der Waals surface area contributed by atoms with Gasteiger partial charge in [0.05, 0.1) is 17.9 Å². The fourth-order valence-electron chi connectivity index (χ4n) is 6.15. The quantitative estimate of drug-likeness (QED) is 0.142. The van der Waals surface area contributed by atoms with E-state index >= 15 is 0 Å². The molecule has 2 aliphatic rings. The minimum absolute atomic E-state index is 0.00385. The molecule has 0 aromatic heterocycles. The summed E-state index contributed by atoms with van der Waals surface area (Å²) in [7, 11) is 0. The third-order valence-corrected chi connectivity index (χ3v) is 9.06. The summed E-state index contributed by atoms with van der Waals surface area (Å²) in [6.07, 6.45) is 8.45. The number of ketones is 1. The number of terminal acetylenes is 1. The Morgan fingerprint density at radius 1 is 1.02 bits per heavy atom. The van der Waals surface area contributed by atoms with Gasteiger partial charge < -0.3 is 4.74 Å². The number of hydrazine groups is 1. The number of carbonyl (C=O) groups excluding carboxylic acids is 4. The van der Waals surface area contributed by atoms with Gasteiger partial charge in [-0.15, -0.1) is 12.3 Å². The molecule has 0 radical (unpaired) electrons. The lowest BCUT2D eigenvalue weighted by molar-refractivity contribution is -0.150. The first kappa shape index (κ1) is 38.0. The van der Waals surface area contributed by atoms with E-state index in [0.29, 0.717) is 23.1 Å². The van der Waals surface area contributed by atoms with Gasteiger partial charge in [-0.3, -0.25) is 24.6 Å². The number of hydrogen-bond acceptors (Lipinski definition) is 5. The van der Waals surface area contributed by atoms with E-state index in [1.807, 2.05) is 85.7 Å². The van der Waals surface area contributed by atoms with Crippen LogP contribution in [0.1, 0.15) is 113 Å². The second-order valence-corrected chi connectivity index (χ2v) is 14.8. The Morgan fingerprint density at radius 3 is 2.10 bits per heavy atom. The molecule has 1 fully saturated rings. The summed E-state index contributed by atoms with van der Waals surface area (Å²) >= 11 is 0. The lowest BCUT2D eigenvalue weighted by atomic mass is 10.0. The van der Waals surface area contributed by atoms with Crippen molar-refractivity contribution in [2.45, 2.75) is 107 Å². The third-order valence-electron chi connectivity index (χ3n) is 9.06. The number of rotatable bonds is 7. The van der Waals surface area contributed by atoms with E-state index in [0.717, 1.165) is 23.1 Å². The van der Waals surface area contributed by atoms with Crippen molar-refractivity contribution in [1.82, 2.24) is 10.4 Å². The predicted octanol–water partition coefficient (Wildman–Crippen LogP) is 7.90. The topological polar surface area (TPSA) is 92.8 Å². The van der Waals surface area contributed by atoms with Crippen molar-refractivity contribution in [1.29, 1.82) is 0 Å². The number of hydrogen-bond donors (Lipinski definition) is 1. The number of ether oxygens (including phenoxy) is 1. The average Bonchev–Trinajstić information content (AvgIpc) is 3.43. The third kappa shape index (κ3) is 9.13. The highest BCUT2D eigenvalue weighted by Gasteiger charge is 2.61. The molecule has 0 spiro atoms. The number of benzene rings is 2. The van der Waals surface area contributed by atoms with E-state index in [2.05, 4.69) is 38.2 Å². The van der Waals surface area contributed by atoms with Crippen LogP contribution in [0.3, 0.4) is 0 Å². The van der Waals surface area contributed by atoms with Crippen molar-refractivity contribution in [2.24, 2.45) is 17.3 Å². The van der Waals surface area contributed by atoms with Gasteiger partial charge >= 0.3 is 5.97 Å². The maximum absolute atomic E-state index is 13.1. The Hall–Kier alpha value is -4.44. The summed E-state index contributed by atoms with van der Waals surface area (Å²) in [6, 6.07) is 13.1. The normalized spacial score (nSPS) is 19.4. The number of allylic oxidation sites excluding steroid dienone is 3. The van der Waals surface area contributed by atoms with Gasteiger partial charge in [-0.05, 0) is 109 Å². The van der Waals surface area contributed by atoms with Crippen LogP contribution in [-0.4, -0.2) is 40.2 Å². The number of nitrogens with one attached hydrogen (secondary N) is 1. The minimum Gasteiger partial charge on any atom is -0.457 e. The van der Waals surface area contributed by atoms with Crippen LogP contribution in [0.2, 0.25) is 0 Å². The van der Waals surface area contributed by atoms with Crippen molar-refractivity contribution >= 4 is 23.6 Å². The molecule has 1 N–H and O–H groups in total. The molecule has 3 atom stereocenters. The monoisotopic (exact) mass is 652 g/mol. The van der Waals surface area contributed by atoms with Crippen LogP contribution in [0, 0.1) is 43.4 Å². The number of aryl methyl sites for hydroxylation is 3. The fourth-order valence-corrected chi connectivity index (χ4v) is 6.15. The first-order valence-electron chi connectivity index (χ1n) is 16.7. The van der Waals surface area contributed by atoms with Crippen LogP contribution in [0.5, 0.6) is 0 Å². The summed E-state index contributed by atoms with van der Waals surface area (Å²) in [5.74, 6) is 1.88. The second kappa shape index (κ2) is 15.2. The first-order valence-corrected chi connectivity index (χ1v) is 16.7. The molecule has 7 heteroatoms. The Labute approximate surface area is 287 Å². The largest absolute Gasteiger partial charge is 0.457 e. The van der Waals surface area contributed by atoms with E-state index in [1.165, 1.54) is 16.1 Å². The SMILES string of the molecule is C#CCC1=C(C)[C@@H](OC(=O)C2C(C=C(C)C)C2(C)C)CC1=O.CCc1ccc(C(=O)NN(C(=O)c2cc(C)cc(C)c2)C(C)(C)C)cc1. The summed E-state index contributed by atoms with van der Waals surface area (Å²) < 4.78 is 5.63. The van der Waals surface area contributed by atoms with Crippen molar-refractivity contribution < 1.29 is 23.9 Å². The Morgan fingerprint density at radius 2 is 1.60 bits per heavy atom. The number of Topliss-reactive ketones (excluding diaryl/α,β-unsaturated/α-hetero) is 1. The Kier molecular flexibility index (Phi) is 12.0. The number of carbonyl (C=O) groups is 4. The van der Waals surface area contributed by atoms with E-state index < -0.39 is 11.6 Å². The van der Waals surface area contributed by atoms with Gasteiger partial charge in [0.1, 0.15) is 6.10 Å². The van der Waals surface area contributed by atoms with E-state index in [4.69, 9.17) is 11.2 Å². The molecule has 2 unspecified atom stereocenters. The van der Waals surface area contributed by atoms with Crippen LogP contribution < -0.4 is 5.43 Å². The number of nitrogens with zero attached hydrogens (tertiary/aromatic N) is 1. The molecule has 48 heavy (non-hydrogen) atoms. The van der Waals surface area contributed by atoms with E-state index in [1.54, 1.807) is 12.1 Å². The molecule has 7 nitrogen and oxygen atoms in total. The number of esters is 1. The highest BCUT2D eigenvalue weighted by molar-refractivity contribution is 6.00. The summed E-state index contributed by atoms with van der Waals surface area (Å²) in [6.45, 7) is 21.7. The van der Waals surface area contributed by atoms with E-state index in [9.17, 15) is 19.2 Å². The highest BCUT2D eigenvalue weighted by Crippen LogP contribution is 2.60. The predicted molar refractivity (Wildman–Crippen MR) is 191 cm³/mol. The average molecular weight is 653 g/mol. The molecule has 0 heterocycles. The molecule has 2 aliphatic carbocycles. The molecule has 0 bridgehead atoms. The van der Waals surface area contributed by atoms with Gasteiger partial charge in [0, 0.05) is 23.1 Å². The molecule has 0 saturated heterocycles. The fraction of sp³-hybridized carbons (Fsp3) is 0.463. The summed E-state index contributed by atoms with van der Waals surface area (Å²) in [4.78, 5) is 50.1. The minimum atomic E-state index is -0.562. The molecule has 2 amide bonds. The molecule has 4 rings (SSSR count). The van der Waals surface area contributed by atoms with Gasteiger partial charge in [-0.25, -0.2) is 5.01 Å². The van der Waals surface area contributed by atoms with Crippen LogP contribution >= 0.6 is 0 Å². The summed E-state index contributed by atoms with van der Waals surface area (Å²) in [5.41, 5.74) is 9.11. The van der Waals surface area contributed by atoms with Gasteiger partial charge in [0.2, 0.25) is 0 Å². The maximum Gasteiger partial charge on any atom is 0.310 e. The second-order valence-electron chi connectivity index (χ2n) is 14.8. The van der Waals surface area contributed by atoms with Crippen molar-refractivity contribution in [3.05, 3.63) is 93.1 Å². The smallest absolute Gasteiger partial charge is 0.310 e. The van der Waals surface area contributed by atoms with Gasteiger partial charge in [0.25, 0.3) is 11.8 Å². The van der Waals surface area contributed by atoms with Crippen LogP contribution in [0.25, 0.3) is 0 Å². The maximum atomic E-state index is 13.1. The summed E-state index contributed by atoms with van der Waals surface area (Å²) in [5, 5.41) is 1.41. The first-order chi connectivity index (χ1) is 22.3. The highest BCUT2D eigenvalue weighted by atomic mass is 16.5. The van der Waals surface area contributed by atoms with E-state index in [-0.39, 0.29) is 47.2 Å². The van der Waals surface area contributed by atoms with Crippen molar-refractivity contribution in [3.63, 3.8) is 0 Å². The standard InChI is InChI=1S/C22H28N2O2.C19H24O3/c1-7-17-8-10-18(11-9-17)20(25)23-24(22(4,5)6)21(26)19-13-15(2)12-16(3)14-19;1-7-8-13-12(4)16(10-15(13)20)22-18(21)17-14(9-11(2)3)19(17,5)6/h8-14H,7H2,1-6H3,(H,23,25);1,9,14,16-17H,8,10H2,2-6H3/t;14?,16-,17?/m.0/s1. The lowest BCUT2D eigenvalue weighted by Crippen LogP contribution is -2.55. The molecule has 0 aliphatic heterocycles. The van der Waals surface area contributed by atoms with Crippen LogP contribution in [0.4, 0.5) is 0 Å². The molecule has 2 aromatic carbocycles. The molecular formula is C41H52N2O5. The van der Waals surface area contributed by atoms with Crippen molar-refractivity contribution in [2.75, 3.05) is 0 Å². The Bertz CT molecular complexity index is 1640. The zero-order valence-electron chi connectivity index (χ0n) is 30.5. The molecule has 2 aromatic rings. The Balaban J connectivity index is 0.000000264. The van der Waals surface area contributed by atoms with Crippen LogP contribution in [0.15, 0.2) is 65.3 Å².